The minimum Gasteiger partial charge on any atom is -0.0622 e. The Morgan fingerprint density at radius 1 is 0.933 bits per heavy atom. The normalized spacial score (nSPS) is 10.5. The van der Waals surface area contributed by atoms with Crippen molar-refractivity contribution in [2.24, 2.45) is 0 Å². The molecule has 0 nitrogen and oxygen atoms in total. The predicted molar refractivity (Wildman–Crippen MR) is 67.5 cm³/mol. The van der Waals surface area contributed by atoms with Crippen molar-refractivity contribution in [2.75, 3.05) is 0 Å². The Bertz CT molecular complexity index is 225. The van der Waals surface area contributed by atoms with Gasteiger partial charge in [0.2, 0.25) is 0 Å². The Kier molecular flexibility index (Phi) is 6.98. The summed E-state index contributed by atoms with van der Waals surface area (Å²) in [7, 11) is 0. The Hall–Kier alpha value is -0.780. The minimum absolute atomic E-state index is 1.09. The van der Waals surface area contributed by atoms with Crippen molar-refractivity contribution in [3.05, 3.63) is 49.2 Å². The van der Waals surface area contributed by atoms with Crippen LogP contribution in [0.1, 0.15) is 44.1 Å². The van der Waals surface area contributed by atoms with E-state index in [-0.39, 0.29) is 0 Å². The first-order valence-corrected chi connectivity index (χ1v) is 6.08. The maximum absolute atomic E-state index is 3.85. The summed E-state index contributed by atoms with van der Waals surface area (Å²) in [4.78, 5) is 0. The molecule has 0 aliphatic heterocycles. The average Bonchev–Trinajstić information content (AvgIpc) is 2.29. The molecule has 0 bridgehead atoms. The Morgan fingerprint density at radius 2 is 1.67 bits per heavy atom. The summed E-state index contributed by atoms with van der Waals surface area (Å²) >= 11 is 0. The molecular formula is C15H22. The van der Waals surface area contributed by atoms with Gasteiger partial charge in [-0.25, -0.2) is 0 Å². The standard InChI is InChI=1S/C15H22/c1-2-3-4-5-6-7-9-12-15-13-10-8-11-14-15/h8-11,13-14H,1-7,12H2. The second kappa shape index (κ2) is 8.52. The fraction of sp³-hybridized carbons (Fsp3) is 0.467. The van der Waals surface area contributed by atoms with Crippen LogP contribution in [0.15, 0.2) is 30.3 Å². The molecule has 0 saturated heterocycles. The summed E-state index contributed by atoms with van der Waals surface area (Å²) in [5, 5.41) is 0. The maximum atomic E-state index is 3.85. The van der Waals surface area contributed by atoms with Crippen LogP contribution >= 0.6 is 0 Å². The lowest BCUT2D eigenvalue weighted by molar-refractivity contribution is 0.638. The van der Waals surface area contributed by atoms with E-state index in [0.717, 1.165) is 12.8 Å². The molecule has 82 valence electrons. The SMILES string of the molecule is [CH2]CCCCCC[CH]Cc1ccccc1. The van der Waals surface area contributed by atoms with Crippen molar-refractivity contribution in [3.63, 3.8) is 0 Å². The summed E-state index contributed by atoms with van der Waals surface area (Å²) in [5.74, 6) is 0. The number of benzene rings is 1. The number of hydrogen-bond donors (Lipinski definition) is 0. The van der Waals surface area contributed by atoms with Crippen LogP contribution < -0.4 is 0 Å². The van der Waals surface area contributed by atoms with E-state index in [1.807, 2.05) is 0 Å². The van der Waals surface area contributed by atoms with Gasteiger partial charge in [0.05, 0.1) is 0 Å². The van der Waals surface area contributed by atoms with Crippen molar-refractivity contribution in [1.29, 1.82) is 0 Å². The van der Waals surface area contributed by atoms with Crippen LogP contribution in [0.3, 0.4) is 0 Å². The van der Waals surface area contributed by atoms with E-state index in [2.05, 4.69) is 43.7 Å². The van der Waals surface area contributed by atoms with Gasteiger partial charge in [0.1, 0.15) is 0 Å². The van der Waals surface area contributed by atoms with Gasteiger partial charge in [0.25, 0.3) is 0 Å². The lowest BCUT2D eigenvalue weighted by Gasteiger charge is -2.01. The predicted octanol–water partition coefficient (Wildman–Crippen LogP) is 4.61. The molecule has 0 spiro atoms. The topological polar surface area (TPSA) is 0 Å². The smallest absolute Gasteiger partial charge is 0.0248 e. The monoisotopic (exact) mass is 202 g/mol. The molecule has 0 aromatic heterocycles. The molecule has 0 amide bonds. The summed E-state index contributed by atoms with van der Waals surface area (Å²) in [6.07, 6.45) is 11.2. The molecule has 0 atom stereocenters. The van der Waals surface area contributed by atoms with Crippen molar-refractivity contribution in [2.45, 2.75) is 44.9 Å². The van der Waals surface area contributed by atoms with Gasteiger partial charge in [0, 0.05) is 0 Å². The molecule has 0 unspecified atom stereocenters. The molecule has 0 fully saturated rings. The largest absolute Gasteiger partial charge is 0.0622 e. The van der Waals surface area contributed by atoms with Gasteiger partial charge in [-0.3, -0.25) is 0 Å². The van der Waals surface area contributed by atoms with Gasteiger partial charge in [-0.05, 0) is 24.8 Å². The number of unbranched alkanes of at least 4 members (excludes halogenated alkanes) is 6. The fourth-order valence-corrected chi connectivity index (χ4v) is 1.70. The van der Waals surface area contributed by atoms with Crippen molar-refractivity contribution in [3.8, 4) is 0 Å². The van der Waals surface area contributed by atoms with Crippen molar-refractivity contribution < 1.29 is 0 Å². The van der Waals surface area contributed by atoms with Crippen LogP contribution in [0, 0.1) is 13.3 Å². The highest BCUT2D eigenvalue weighted by molar-refractivity contribution is 5.16. The molecule has 2 radical (unpaired) electrons. The summed E-state index contributed by atoms with van der Waals surface area (Å²) in [6.45, 7) is 3.85. The van der Waals surface area contributed by atoms with Gasteiger partial charge in [0.15, 0.2) is 0 Å². The maximum Gasteiger partial charge on any atom is -0.0248 e. The molecule has 0 heterocycles. The Labute approximate surface area is 94.7 Å². The summed E-state index contributed by atoms with van der Waals surface area (Å²) in [6, 6.07) is 10.7. The zero-order chi connectivity index (χ0) is 10.8. The Morgan fingerprint density at radius 3 is 2.40 bits per heavy atom. The molecule has 0 aliphatic rings. The highest BCUT2D eigenvalue weighted by atomic mass is 14.0. The highest BCUT2D eigenvalue weighted by Crippen LogP contribution is 2.09. The van der Waals surface area contributed by atoms with Crippen molar-refractivity contribution in [1.82, 2.24) is 0 Å². The molecule has 0 heteroatoms. The van der Waals surface area contributed by atoms with Crippen LogP contribution in [-0.4, -0.2) is 0 Å². The molecular weight excluding hydrogens is 180 g/mol. The van der Waals surface area contributed by atoms with E-state index < -0.39 is 0 Å². The quantitative estimate of drug-likeness (QED) is 0.540. The number of hydrogen-bond acceptors (Lipinski definition) is 0. The highest BCUT2D eigenvalue weighted by Gasteiger charge is 1.93. The molecule has 1 aromatic carbocycles. The van der Waals surface area contributed by atoms with E-state index in [0.29, 0.717) is 0 Å². The van der Waals surface area contributed by atoms with Gasteiger partial charge in [-0.1, -0.05) is 69.4 Å². The molecule has 1 aromatic rings. The van der Waals surface area contributed by atoms with E-state index >= 15 is 0 Å². The third-order valence-corrected chi connectivity index (χ3v) is 2.63. The van der Waals surface area contributed by atoms with Gasteiger partial charge >= 0.3 is 0 Å². The van der Waals surface area contributed by atoms with E-state index in [9.17, 15) is 0 Å². The van der Waals surface area contributed by atoms with E-state index in [1.165, 1.54) is 37.7 Å². The minimum atomic E-state index is 1.09. The first-order valence-electron chi connectivity index (χ1n) is 6.08. The zero-order valence-corrected chi connectivity index (χ0v) is 9.62. The van der Waals surface area contributed by atoms with Crippen LogP contribution in [-0.2, 0) is 6.42 Å². The molecule has 15 heavy (non-hydrogen) atoms. The Balaban J connectivity index is 1.93. The molecule has 0 aliphatic carbocycles. The van der Waals surface area contributed by atoms with Gasteiger partial charge < -0.3 is 0 Å². The molecule has 1 rings (SSSR count). The summed E-state index contributed by atoms with van der Waals surface area (Å²) in [5.41, 5.74) is 1.43. The van der Waals surface area contributed by atoms with Crippen LogP contribution in [0.4, 0.5) is 0 Å². The average molecular weight is 202 g/mol. The first kappa shape index (κ1) is 12.3. The lowest BCUT2D eigenvalue weighted by atomic mass is 10.0. The number of rotatable bonds is 8. The van der Waals surface area contributed by atoms with Crippen LogP contribution in [0.5, 0.6) is 0 Å². The molecule has 0 N–H and O–H groups in total. The summed E-state index contributed by atoms with van der Waals surface area (Å²) < 4.78 is 0. The third-order valence-electron chi connectivity index (χ3n) is 2.63. The van der Waals surface area contributed by atoms with Crippen LogP contribution in [0.25, 0.3) is 0 Å². The second-order valence-corrected chi connectivity index (χ2v) is 4.03. The van der Waals surface area contributed by atoms with E-state index in [1.54, 1.807) is 0 Å². The lowest BCUT2D eigenvalue weighted by Crippen LogP contribution is -1.86. The van der Waals surface area contributed by atoms with Gasteiger partial charge in [-0.2, -0.15) is 0 Å². The molecule has 0 saturated carbocycles. The van der Waals surface area contributed by atoms with Gasteiger partial charge in [-0.15, -0.1) is 0 Å². The fourth-order valence-electron chi connectivity index (χ4n) is 1.70. The third kappa shape index (κ3) is 6.33. The van der Waals surface area contributed by atoms with E-state index in [4.69, 9.17) is 0 Å². The van der Waals surface area contributed by atoms with Crippen molar-refractivity contribution >= 4 is 0 Å². The van der Waals surface area contributed by atoms with Crippen LogP contribution in [0.2, 0.25) is 0 Å². The zero-order valence-electron chi connectivity index (χ0n) is 9.62. The first-order chi connectivity index (χ1) is 7.43. The second-order valence-electron chi connectivity index (χ2n) is 4.03.